The van der Waals surface area contributed by atoms with E-state index in [1.807, 2.05) is 12.1 Å². The van der Waals surface area contributed by atoms with Gasteiger partial charge in [0.05, 0.1) is 6.61 Å². The molecule has 3 nitrogen and oxygen atoms in total. The van der Waals surface area contributed by atoms with Crippen molar-refractivity contribution in [3.05, 3.63) is 35.0 Å². The van der Waals surface area contributed by atoms with Crippen molar-refractivity contribution in [3.63, 3.8) is 0 Å². The molecule has 16 heavy (non-hydrogen) atoms. The summed E-state index contributed by atoms with van der Waals surface area (Å²) in [7, 11) is 0. The van der Waals surface area contributed by atoms with Crippen molar-refractivity contribution >= 4 is 21.7 Å². The SMILES string of the molecule is C=CCN(CCC)c1ncc(Br)cc1CO. The summed E-state index contributed by atoms with van der Waals surface area (Å²) in [4.78, 5) is 6.47. The Bertz CT molecular complexity index is 355. The van der Waals surface area contributed by atoms with Crippen LogP contribution in [0.2, 0.25) is 0 Å². The van der Waals surface area contributed by atoms with E-state index in [2.05, 4.69) is 39.3 Å². The summed E-state index contributed by atoms with van der Waals surface area (Å²) < 4.78 is 0.885. The summed E-state index contributed by atoms with van der Waals surface area (Å²) in [5.74, 6) is 0.840. The quantitative estimate of drug-likeness (QED) is 0.816. The molecule has 0 saturated heterocycles. The summed E-state index contributed by atoms with van der Waals surface area (Å²) in [6.45, 7) is 7.51. The second kappa shape index (κ2) is 6.66. The van der Waals surface area contributed by atoms with Crippen LogP contribution in [0.15, 0.2) is 29.4 Å². The molecule has 0 aliphatic rings. The third kappa shape index (κ3) is 3.32. The Kier molecular flexibility index (Phi) is 5.49. The first-order chi connectivity index (χ1) is 7.72. The van der Waals surface area contributed by atoms with Gasteiger partial charge in [0, 0.05) is 29.3 Å². The molecule has 0 aliphatic carbocycles. The average molecular weight is 285 g/mol. The zero-order chi connectivity index (χ0) is 12.0. The molecule has 0 spiro atoms. The maximum Gasteiger partial charge on any atom is 0.134 e. The number of hydrogen-bond acceptors (Lipinski definition) is 3. The van der Waals surface area contributed by atoms with E-state index in [1.165, 1.54) is 0 Å². The van der Waals surface area contributed by atoms with Gasteiger partial charge in [0.1, 0.15) is 5.82 Å². The second-order valence-corrected chi connectivity index (χ2v) is 4.44. The van der Waals surface area contributed by atoms with E-state index >= 15 is 0 Å². The molecule has 0 amide bonds. The van der Waals surface area contributed by atoms with Crippen LogP contribution in [0.4, 0.5) is 5.82 Å². The Morgan fingerprint density at radius 1 is 1.62 bits per heavy atom. The van der Waals surface area contributed by atoms with Crippen molar-refractivity contribution in [1.82, 2.24) is 4.98 Å². The fraction of sp³-hybridized carbons (Fsp3) is 0.417. The molecule has 1 heterocycles. The number of nitrogens with zero attached hydrogens (tertiary/aromatic N) is 2. The van der Waals surface area contributed by atoms with Crippen LogP contribution in [0.5, 0.6) is 0 Å². The minimum atomic E-state index is -0.000863. The van der Waals surface area contributed by atoms with Gasteiger partial charge in [-0.2, -0.15) is 0 Å². The van der Waals surface area contributed by atoms with Crippen LogP contribution in [0.3, 0.4) is 0 Å². The van der Waals surface area contributed by atoms with Crippen LogP contribution in [0, 0.1) is 0 Å². The molecule has 0 saturated carbocycles. The predicted octanol–water partition coefficient (Wildman–Crippen LogP) is 2.74. The Labute approximate surface area is 105 Å². The van der Waals surface area contributed by atoms with Crippen LogP contribution in [-0.2, 0) is 6.61 Å². The van der Waals surface area contributed by atoms with Crippen molar-refractivity contribution in [2.24, 2.45) is 0 Å². The standard InChI is InChI=1S/C12H17BrN2O/c1-3-5-15(6-4-2)12-10(9-16)7-11(13)8-14-12/h3,7-8,16H,1,4-6,9H2,2H3. The Morgan fingerprint density at radius 3 is 2.94 bits per heavy atom. The monoisotopic (exact) mass is 284 g/mol. The van der Waals surface area contributed by atoms with Crippen molar-refractivity contribution in [2.75, 3.05) is 18.0 Å². The van der Waals surface area contributed by atoms with Crippen molar-refractivity contribution in [2.45, 2.75) is 20.0 Å². The van der Waals surface area contributed by atoms with Gasteiger partial charge in [-0.25, -0.2) is 4.98 Å². The largest absolute Gasteiger partial charge is 0.392 e. The molecule has 1 N–H and O–H groups in total. The van der Waals surface area contributed by atoms with Gasteiger partial charge in [0.25, 0.3) is 0 Å². The fourth-order valence-corrected chi connectivity index (χ4v) is 1.96. The zero-order valence-corrected chi connectivity index (χ0v) is 11.1. The minimum Gasteiger partial charge on any atom is -0.392 e. The van der Waals surface area contributed by atoms with Crippen molar-refractivity contribution in [1.29, 1.82) is 0 Å². The number of halogens is 1. The van der Waals surface area contributed by atoms with Crippen LogP contribution < -0.4 is 4.90 Å². The highest BCUT2D eigenvalue weighted by molar-refractivity contribution is 9.10. The molecular weight excluding hydrogens is 268 g/mol. The van der Waals surface area contributed by atoms with Gasteiger partial charge in [0.15, 0.2) is 0 Å². The van der Waals surface area contributed by atoms with Crippen LogP contribution in [-0.4, -0.2) is 23.2 Å². The molecule has 0 aliphatic heterocycles. The molecule has 0 radical (unpaired) electrons. The van der Waals surface area contributed by atoms with Gasteiger partial charge in [-0.3, -0.25) is 0 Å². The molecule has 1 aromatic heterocycles. The predicted molar refractivity (Wildman–Crippen MR) is 70.6 cm³/mol. The highest BCUT2D eigenvalue weighted by atomic mass is 79.9. The lowest BCUT2D eigenvalue weighted by molar-refractivity contribution is 0.281. The maximum absolute atomic E-state index is 9.31. The van der Waals surface area contributed by atoms with Crippen LogP contribution in [0.25, 0.3) is 0 Å². The highest BCUT2D eigenvalue weighted by Gasteiger charge is 2.10. The first kappa shape index (κ1) is 13.2. The molecule has 0 unspecified atom stereocenters. The molecule has 0 bridgehead atoms. The second-order valence-electron chi connectivity index (χ2n) is 3.53. The van der Waals surface area contributed by atoms with Crippen molar-refractivity contribution < 1.29 is 5.11 Å². The number of pyridine rings is 1. The van der Waals surface area contributed by atoms with E-state index in [-0.39, 0.29) is 6.61 Å². The molecule has 1 aromatic rings. The number of rotatable bonds is 6. The van der Waals surface area contributed by atoms with E-state index < -0.39 is 0 Å². The van der Waals surface area contributed by atoms with Crippen molar-refractivity contribution in [3.8, 4) is 0 Å². The van der Waals surface area contributed by atoms with Gasteiger partial charge in [-0.1, -0.05) is 13.0 Å². The van der Waals surface area contributed by atoms with E-state index in [0.29, 0.717) is 0 Å². The number of aliphatic hydroxyl groups is 1. The van der Waals surface area contributed by atoms with Crippen LogP contribution >= 0.6 is 15.9 Å². The first-order valence-corrected chi connectivity index (χ1v) is 6.13. The lowest BCUT2D eigenvalue weighted by Gasteiger charge is -2.23. The van der Waals surface area contributed by atoms with Gasteiger partial charge < -0.3 is 10.0 Å². The summed E-state index contributed by atoms with van der Waals surface area (Å²) in [6, 6.07) is 1.90. The molecule has 0 aromatic carbocycles. The van der Waals surface area contributed by atoms with E-state index in [4.69, 9.17) is 0 Å². The topological polar surface area (TPSA) is 36.4 Å². The molecule has 4 heteroatoms. The van der Waals surface area contributed by atoms with Gasteiger partial charge in [-0.15, -0.1) is 6.58 Å². The van der Waals surface area contributed by atoms with E-state index in [1.54, 1.807) is 6.20 Å². The lowest BCUT2D eigenvalue weighted by atomic mass is 10.2. The van der Waals surface area contributed by atoms with E-state index in [9.17, 15) is 5.11 Å². The third-order valence-corrected chi connectivity index (χ3v) is 2.66. The molecule has 88 valence electrons. The van der Waals surface area contributed by atoms with E-state index in [0.717, 1.165) is 35.4 Å². The van der Waals surface area contributed by atoms with Gasteiger partial charge in [0.2, 0.25) is 0 Å². The first-order valence-electron chi connectivity index (χ1n) is 5.34. The summed E-state index contributed by atoms with van der Waals surface area (Å²) in [5.41, 5.74) is 0.838. The van der Waals surface area contributed by atoms with Gasteiger partial charge in [-0.05, 0) is 28.4 Å². The third-order valence-electron chi connectivity index (χ3n) is 2.22. The lowest BCUT2D eigenvalue weighted by Crippen LogP contribution is -2.26. The number of anilines is 1. The number of hydrogen-bond donors (Lipinski definition) is 1. The average Bonchev–Trinajstić information content (AvgIpc) is 2.28. The summed E-state index contributed by atoms with van der Waals surface area (Å²) >= 11 is 3.35. The zero-order valence-electron chi connectivity index (χ0n) is 9.49. The summed E-state index contributed by atoms with van der Waals surface area (Å²) in [5, 5.41) is 9.31. The molecule has 0 fully saturated rings. The Morgan fingerprint density at radius 2 is 2.38 bits per heavy atom. The summed E-state index contributed by atoms with van der Waals surface area (Å²) in [6.07, 6.45) is 4.64. The number of aliphatic hydroxyl groups excluding tert-OH is 1. The smallest absolute Gasteiger partial charge is 0.134 e. The minimum absolute atomic E-state index is 0.000863. The Balaban J connectivity index is 3.01. The fourth-order valence-electron chi connectivity index (χ4n) is 1.58. The normalized spacial score (nSPS) is 10.2. The highest BCUT2D eigenvalue weighted by Crippen LogP contribution is 2.21. The number of aromatic nitrogens is 1. The molecule has 1 rings (SSSR count). The Hall–Kier alpha value is -0.870. The van der Waals surface area contributed by atoms with Crippen LogP contribution in [0.1, 0.15) is 18.9 Å². The van der Waals surface area contributed by atoms with Gasteiger partial charge >= 0.3 is 0 Å². The molecular formula is C12H17BrN2O. The molecule has 0 atom stereocenters. The maximum atomic E-state index is 9.31.